The van der Waals surface area contributed by atoms with Gasteiger partial charge >= 0.3 is 0 Å². The maximum absolute atomic E-state index is 13.8. The minimum atomic E-state index is -0.755. The molecule has 2 aliphatic heterocycles. The van der Waals surface area contributed by atoms with Crippen LogP contribution in [0.1, 0.15) is 75.5 Å². The Hall–Kier alpha value is -1.15. The fraction of sp³-hybridized carbons (Fsp3) is 0.769. The molecule has 2 saturated carbocycles. The molecule has 3 unspecified atom stereocenters. The maximum Gasteiger partial charge on any atom is 0.246 e. The Morgan fingerprint density at radius 2 is 1.91 bits per heavy atom. The summed E-state index contributed by atoms with van der Waals surface area (Å²) in [7, 11) is 0. The number of piperazine rings is 1. The number of ether oxygens (including phenoxy) is 1. The molecule has 3 heterocycles. The summed E-state index contributed by atoms with van der Waals surface area (Å²) >= 11 is 7.89. The Bertz CT molecular complexity index is 836. The number of carbonyl (C=O) groups is 2. The molecule has 4 aliphatic rings. The number of hydrogen-bond acceptors (Lipinski definition) is 5. The molecule has 1 aromatic heterocycles. The summed E-state index contributed by atoms with van der Waals surface area (Å²) in [5.74, 6) is 0.705. The van der Waals surface area contributed by atoms with Crippen molar-refractivity contribution in [3.63, 3.8) is 0 Å². The van der Waals surface area contributed by atoms with Crippen molar-refractivity contribution in [2.75, 3.05) is 19.8 Å². The van der Waals surface area contributed by atoms with Crippen molar-refractivity contribution in [2.45, 2.75) is 100 Å². The fourth-order valence-corrected chi connectivity index (χ4v) is 7.40. The number of likely N-dealkylation sites (tertiary alicyclic amines) is 1. The normalized spacial score (nSPS) is 30.7. The fourth-order valence-electron chi connectivity index (χ4n) is 6.38. The number of nitrogens with zero attached hydrogens (tertiary/aromatic N) is 2. The Labute approximate surface area is 212 Å². The molecular formula is C26H38ClN3O3S. The molecule has 5 rings (SSSR count). The van der Waals surface area contributed by atoms with Crippen molar-refractivity contribution in [1.82, 2.24) is 15.1 Å². The molecule has 2 amide bonds. The van der Waals surface area contributed by atoms with Crippen molar-refractivity contribution in [3.05, 3.63) is 22.4 Å². The lowest BCUT2D eigenvalue weighted by Crippen LogP contribution is -2.72. The van der Waals surface area contributed by atoms with E-state index in [1.165, 1.54) is 32.1 Å². The third-order valence-corrected chi connectivity index (χ3v) is 9.75. The number of hydrogen-bond donors (Lipinski definition) is 1. The number of nitrogens with one attached hydrogen (secondary N) is 1. The van der Waals surface area contributed by atoms with E-state index < -0.39 is 5.54 Å². The zero-order valence-corrected chi connectivity index (χ0v) is 21.6. The number of alkyl halides is 1. The summed E-state index contributed by atoms with van der Waals surface area (Å²) in [4.78, 5) is 32.8. The second-order valence-electron chi connectivity index (χ2n) is 10.7. The van der Waals surface area contributed by atoms with Gasteiger partial charge in [-0.3, -0.25) is 14.5 Å². The van der Waals surface area contributed by atoms with Crippen molar-refractivity contribution >= 4 is 34.8 Å². The number of rotatable bonds is 7. The standard InChI is InChI=1S/C26H38ClN3O3S/c27-20-8-9-21(16-20)33-18-29-12-10-26(11-13-29)25(32)28-23(15-19-5-2-1-3-6-19)24(31)30(26)17-22-7-4-14-34-22/h4,7,14,19-21,23H,1-3,5-6,8-13,15-18H2,(H,28,32). The monoisotopic (exact) mass is 507 g/mol. The Kier molecular flexibility index (Phi) is 7.83. The van der Waals surface area contributed by atoms with Gasteiger partial charge < -0.3 is 15.0 Å². The van der Waals surface area contributed by atoms with Crippen molar-refractivity contribution in [1.29, 1.82) is 0 Å². The molecular weight excluding hydrogens is 470 g/mol. The topological polar surface area (TPSA) is 61.9 Å². The van der Waals surface area contributed by atoms with Gasteiger partial charge in [-0.25, -0.2) is 0 Å². The molecule has 1 N–H and O–H groups in total. The Morgan fingerprint density at radius 1 is 1.12 bits per heavy atom. The predicted octanol–water partition coefficient (Wildman–Crippen LogP) is 4.51. The van der Waals surface area contributed by atoms with E-state index in [0.29, 0.717) is 32.0 Å². The van der Waals surface area contributed by atoms with E-state index >= 15 is 0 Å². The first-order chi connectivity index (χ1) is 16.5. The average molecular weight is 508 g/mol. The minimum Gasteiger partial charge on any atom is -0.363 e. The smallest absolute Gasteiger partial charge is 0.246 e. The molecule has 1 aromatic rings. The summed E-state index contributed by atoms with van der Waals surface area (Å²) in [6.07, 6.45) is 11.4. The van der Waals surface area contributed by atoms with E-state index in [4.69, 9.17) is 16.3 Å². The summed E-state index contributed by atoms with van der Waals surface area (Å²) < 4.78 is 6.11. The molecule has 4 fully saturated rings. The average Bonchev–Trinajstić information content (AvgIpc) is 3.52. The number of thiophene rings is 1. The van der Waals surface area contributed by atoms with Crippen molar-refractivity contribution in [3.8, 4) is 0 Å². The molecule has 8 heteroatoms. The van der Waals surface area contributed by atoms with E-state index in [9.17, 15) is 9.59 Å². The van der Waals surface area contributed by atoms with Crippen LogP contribution in [0.15, 0.2) is 17.5 Å². The second-order valence-corrected chi connectivity index (χ2v) is 12.4. The van der Waals surface area contributed by atoms with Crippen molar-refractivity contribution < 1.29 is 14.3 Å². The summed E-state index contributed by atoms with van der Waals surface area (Å²) in [5.41, 5.74) is -0.755. The van der Waals surface area contributed by atoms with Crippen LogP contribution >= 0.6 is 22.9 Å². The quantitative estimate of drug-likeness (QED) is 0.551. The molecule has 2 aliphatic carbocycles. The molecule has 34 heavy (non-hydrogen) atoms. The van der Waals surface area contributed by atoms with Gasteiger partial charge in [0, 0.05) is 23.3 Å². The summed E-state index contributed by atoms with van der Waals surface area (Å²) in [5, 5.41) is 5.47. The molecule has 0 aromatic carbocycles. The van der Waals surface area contributed by atoms with E-state index in [1.807, 2.05) is 16.3 Å². The molecule has 0 radical (unpaired) electrons. The SMILES string of the molecule is O=C1C(CC2CCCCC2)NC(=O)C2(CCN(COC3CCC(Cl)C3)CC2)N1Cc1cccs1. The molecule has 3 atom stereocenters. The molecule has 188 valence electrons. The molecule has 2 saturated heterocycles. The highest BCUT2D eigenvalue weighted by Gasteiger charge is 2.53. The number of halogens is 1. The van der Waals surface area contributed by atoms with E-state index in [0.717, 1.165) is 43.6 Å². The first-order valence-electron chi connectivity index (χ1n) is 13.2. The molecule has 0 bridgehead atoms. The van der Waals surface area contributed by atoms with Gasteiger partial charge in [-0.2, -0.15) is 0 Å². The van der Waals surface area contributed by atoms with E-state index in [2.05, 4.69) is 16.3 Å². The largest absolute Gasteiger partial charge is 0.363 e. The van der Waals surface area contributed by atoms with Crippen LogP contribution in [0.25, 0.3) is 0 Å². The van der Waals surface area contributed by atoms with Gasteiger partial charge in [0.2, 0.25) is 11.8 Å². The van der Waals surface area contributed by atoms with Crippen LogP contribution in [0.5, 0.6) is 0 Å². The van der Waals surface area contributed by atoms with Gasteiger partial charge in [-0.05, 0) is 55.9 Å². The molecule has 1 spiro atoms. The highest BCUT2D eigenvalue weighted by molar-refractivity contribution is 7.09. The summed E-state index contributed by atoms with van der Waals surface area (Å²) in [6.45, 7) is 2.62. The maximum atomic E-state index is 13.8. The lowest BCUT2D eigenvalue weighted by atomic mass is 9.79. The zero-order chi connectivity index (χ0) is 23.5. The highest BCUT2D eigenvalue weighted by Crippen LogP contribution is 2.37. The highest BCUT2D eigenvalue weighted by atomic mass is 35.5. The molecule has 6 nitrogen and oxygen atoms in total. The van der Waals surface area contributed by atoms with E-state index in [-0.39, 0.29) is 29.3 Å². The van der Waals surface area contributed by atoms with Gasteiger partial charge in [0.15, 0.2) is 0 Å². The van der Waals surface area contributed by atoms with Crippen LogP contribution in [0.4, 0.5) is 0 Å². The third kappa shape index (κ3) is 5.32. The Balaban J connectivity index is 1.26. The van der Waals surface area contributed by atoms with Gasteiger partial charge in [-0.1, -0.05) is 38.2 Å². The number of amides is 2. The third-order valence-electron chi connectivity index (χ3n) is 8.49. The first kappa shape index (κ1) is 24.5. The van der Waals surface area contributed by atoms with Gasteiger partial charge in [0.25, 0.3) is 0 Å². The first-order valence-corrected chi connectivity index (χ1v) is 14.5. The second kappa shape index (κ2) is 10.9. The van der Waals surface area contributed by atoms with Crippen LogP contribution < -0.4 is 5.32 Å². The Morgan fingerprint density at radius 3 is 2.59 bits per heavy atom. The lowest BCUT2D eigenvalue weighted by molar-refractivity contribution is -0.164. The predicted molar refractivity (Wildman–Crippen MR) is 135 cm³/mol. The van der Waals surface area contributed by atoms with Gasteiger partial charge in [-0.15, -0.1) is 22.9 Å². The zero-order valence-electron chi connectivity index (χ0n) is 20.1. The number of carbonyl (C=O) groups excluding carboxylic acids is 2. The van der Waals surface area contributed by atoms with Gasteiger partial charge in [0.05, 0.1) is 19.4 Å². The van der Waals surface area contributed by atoms with Crippen LogP contribution in [0.2, 0.25) is 0 Å². The number of piperidine rings is 1. The lowest BCUT2D eigenvalue weighted by Gasteiger charge is -2.52. The van der Waals surface area contributed by atoms with Crippen LogP contribution in [0.3, 0.4) is 0 Å². The van der Waals surface area contributed by atoms with Crippen molar-refractivity contribution in [2.24, 2.45) is 5.92 Å². The minimum absolute atomic E-state index is 0.0470. The van der Waals surface area contributed by atoms with Crippen LogP contribution in [-0.4, -0.2) is 64.5 Å². The van der Waals surface area contributed by atoms with Crippen LogP contribution in [-0.2, 0) is 20.9 Å². The van der Waals surface area contributed by atoms with E-state index in [1.54, 1.807) is 11.3 Å². The van der Waals surface area contributed by atoms with Gasteiger partial charge in [0.1, 0.15) is 11.6 Å². The van der Waals surface area contributed by atoms with Crippen LogP contribution in [0, 0.1) is 5.92 Å². The summed E-state index contributed by atoms with van der Waals surface area (Å²) in [6, 6.07) is 3.71.